The second-order valence-electron chi connectivity index (χ2n) is 7.41. The highest BCUT2D eigenvalue weighted by molar-refractivity contribution is 5.74. The number of H-pyrrole nitrogens is 1. The predicted molar refractivity (Wildman–Crippen MR) is 117 cm³/mol. The van der Waals surface area contributed by atoms with E-state index in [2.05, 4.69) is 15.3 Å². The van der Waals surface area contributed by atoms with Crippen LogP contribution in [0.2, 0.25) is 0 Å². The maximum absolute atomic E-state index is 12.5. The Morgan fingerprint density at radius 1 is 1.23 bits per heavy atom. The number of anilines is 1. The summed E-state index contributed by atoms with van der Waals surface area (Å²) in [4.78, 5) is 33.2. The van der Waals surface area contributed by atoms with Crippen molar-refractivity contribution in [1.82, 2.24) is 24.0 Å². The Labute approximate surface area is 178 Å². The maximum Gasteiger partial charge on any atom is 0.329 e. The Morgan fingerprint density at radius 3 is 2.55 bits per heavy atom. The summed E-state index contributed by atoms with van der Waals surface area (Å²) >= 11 is 0. The summed E-state index contributed by atoms with van der Waals surface area (Å²) < 4.78 is 13.6. The fourth-order valence-corrected chi connectivity index (χ4v) is 3.07. The molecule has 1 atom stereocenters. The zero-order valence-electron chi connectivity index (χ0n) is 18.1. The van der Waals surface area contributed by atoms with E-state index < -0.39 is 17.4 Å². The van der Waals surface area contributed by atoms with Crippen LogP contribution in [0.15, 0.2) is 33.9 Å². The molecule has 0 spiro atoms. The number of imidazole rings is 1. The van der Waals surface area contributed by atoms with Crippen LogP contribution >= 0.6 is 0 Å². The minimum atomic E-state index is -0.925. The van der Waals surface area contributed by atoms with Crippen LogP contribution in [0.3, 0.4) is 0 Å². The number of nitrogens with zero attached hydrogens (tertiary/aromatic N) is 4. The van der Waals surface area contributed by atoms with E-state index in [0.29, 0.717) is 24.0 Å². The number of ether oxygens (including phenoxy) is 2. The molecule has 31 heavy (non-hydrogen) atoms. The molecule has 0 aliphatic carbocycles. The van der Waals surface area contributed by atoms with Gasteiger partial charge in [0, 0.05) is 20.1 Å². The number of fused-ring (bicyclic) bond motifs is 1. The Kier molecular flexibility index (Phi) is 6.98. The lowest BCUT2D eigenvalue weighted by molar-refractivity contribution is 0.0938. The molecule has 3 N–H and O–H groups in total. The van der Waals surface area contributed by atoms with Crippen LogP contribution in [0.4, 0.5) is 5.95 Å². The van der Waals surface area contributed by atoms with E-state index in [9.17, 15) is 14.7 Å². The Morgan fingerprint density at radius 2 is 1.90 bits per heavy atom. The zero-order valence-corrected chi connectivity index (χ0v) is 18.1. The molecule has 0 aliphatic heterocycles. The second-order valence-corrected chi connectivity index (χ2v) is 7.41. The molecule has 1 unspecified atom stereocenters. The highest BCUT2D eigenvalue weighted by Gasteiger charge is 2.20. The minimum absolute atomic E-state index is 0.00675. The molecule has 3 rings (SSSR count). The monoisotopic (exact) mass is 432 g/mol. The highest BCUT2D eigenvalue weighted by atomic mass is 16.5. The van der Waals surface area contributed by atoms with Crippen molar-refractivity contribution in [2.24, 2.45) is 7.05 Å². The topological polar surface area (TPSA) is 127 Å². The molecule has 0 radical (unpaired) electrons. The summed E-state index contributed by atoms with van der Waals surface area (Å²) in [5.74, 6) is 1.68. The van der Waals surface area contributed by atoms with Gasteiger partial charge < -0.3 is 29.4 Å². The number of likely N-dealkylation sites (N-methyl/N-ethyl adjacent to an activating group) is 1. The first kappa shape index (κ1) is 22.4. The van der Waals surface area contributed by atoms with Crippen molar-refractivity contribution >= 4 is 17.1 Å². The van der Waals surface area contributed by atoms with E-state index in [-0.39, 0.29) is 24.3 Å². The summed E-state index contributed by atoms with van der Waals surface area (Å²) in [7, 11) is 7.00. The quantitative estimate of drug-likeness (QED) is 0.404. The van der Waals surface area contributed by atoms with E-state index in [1.54, 1.807) is 35.9 Å². The Bertz CT molecular complexity index is 1130. The van der Waals surface area contributed by atoms with Gasteiger partial charge in [0.25, 0.3) is 5.56 Å². The lowest BCUT2D eigenvalue weighted by Crippen LogP contribution is -2.31. The van der Waals surface area contributed by atoms with Gasteiger partial charge in [-0.25, -0.2) is 4.79 Å². The van der Waals surface area contributed by atoms with Gasteiger partial charge in [0.05, 0.1) is 13.7 Å². The molecular weight excluding hydrogens is 404 g/mol. The molecule has 2 aromatic heterocycles. The molecule has 0 aliphatic rings. The van der Waals surface area contributed by atoms with E-state index >= 15 is 0 Å². The molecule has 0 fully saturated rings. The van der Waals surface area contributed by atoms with Gasteiger partial charge in [-0.2, -0.15) is 4.98 Å². The fraction of sp³-hybridized carbons (Fsp3) is 0.450. The highest BCUT2D eigenvalue weighted by Crippen LogP contribution is 2.19. The van der Waals surface area contributed by atoms with Crippen molar-refractivity contribution in [2.45, 2.75) is 12.6 Å². The van der Waals surface area contributed by atoms with Gasteiger partial charge in [-0.15, -0.1) is 0 Å². The van der Waals surface area contributed by atoms with Gasteiger partial charge in [0.15, 0.2) is 11.2 Å². The Balaban J connectivity index is 1.83. The molecule has 0 bridgehead atoms. The number of aromatic nitrogens is 4. The molecule has 0 amide bonds. The SMILES string of the molecule is COc1ccc(OCC(O)Cn2c(NCCN(C)C)nc3c2c(=O)[nH]c(=O)n3C)cc1. The third-order valence-corrected chi connectivity index (χ3v) is 4.74. The van der Waals surface area contributed by atoms with E-state index in [0.717, 1.165) is 6.54 Å². The molecule has 0 saturated heterocycles. The van der Waals surface area contributed by atoms with Crippen LogP contribution < -0.4 is 26.0 Å². The van der Waals surface area contributed by atoms with Gasteiger partial charge in [0.1, 0.15) is 24.2 Å². The molecule has 3 aromatic rings. The molecule has 11 heteroatoms. The third kappa shape index (κ3) is 5.25. The number of nitrogens with one attached hydrogen (secondary N) is 2. The van der Waals surface area contributed by atoms with Crippen LogP contribution in [-0.2, 0) is 13.6 Å². The van der Waals surface area contributed by atoms with Crippen molar-refractivity contribution in [3.05, 3.63) is 45.1 Å². The number of hydrogen-bond acceptors (Lipinski definition) is 8. The largest absolute Gasteiger partial charge is 0.497 e. The van der Waals surface area contributed by atoms with Gasteiger partial charge in [-0.1, -0.05) is 0 Å². The number of aliphatic hydroxyl groups excluding tert-OH is 1. The van der Waals surface area contributed by atoms with Gasteiger partial charge in [0.2, 0.25) is 5.95 Å². The van der Waals surface area contributed by atoms with Crippen LogP contribution in [-0.4, -0.2) is 76.1 Å². The molecule has 0 saturated carbocycles. The predicted octanol–water partition coefficient (Wildman–Crippen LogP) is -0.155. The van der Waals surface area contributed by atoms with Crippen LogP contribution in [0.5, 0.6) is 11.5 Å². The van der Waals surface area contributed by atoms with Crippen LogP contribution in [0.1, 0.15) is 0 Å². The first-order valence-corrected chi connectivity index (χ1v) is 9.83. The van der Waals surface area contributed by atoms with Gasteiger partial charge in [-0.3, -0.25) is 14.3 Å². The second kappa shape index (κ2) is 9.67. The van der Waals surface area contributed by atoms with Crippen molar-refractivity contribution in [1.29, 1.82) is 0 Å². The number of aromatic amines is 1. The molecule has 1 aromatic carbocycles. The summed E-state index contributed by atoms with van der Waals surface area (Å²) in [6, 6.07) is 7.01. The first-order valence-electron chi connectivity index (χ1n) is 9.83. The maximum atomic E-state index is 12.5. The first-order chi connectivity index (χ1) is 14.8. The number of rotatable bonds is 10. The van der Waals surface area contributed by atoms with Crippen molar-refractivity contribution in [3.63, 3.8) is 0 Å². The smallest absolute Gasteiger partial charge is 0.329 e. The third-order valence-electron chi connectivity index (χ3n) is 4.74. The van der Waals surface area contributed by atoms with Gasteiger partial charge in [-0.05, 0) is 38.4 Å². The number of methoxy groups -OCH3 is 1. The van der Waals surface area contributed by atoms with E-state index in [1.807, 2.05) is 19.0 Å². The van der Waals surface area contributed by atoms with Crippen LogP contribution in [0, 0.1) is 0 Å². The summed E-state index contributed by atoms with van der Waals surface area (Å²) in [5, 5.41) is 13.8. The lowest BCUT2D eigenvalue weighted by Gasteiger charge is -2.16. The average molecular weight is 432 g/mol. The fourth-order valence-electron chi connectivity index (χ4n) is 3.07. The van der Waals surface area contributed by atoms with Crippen molar-refractivity contribution in [2.75, 3.05) is 46.2 Å². The summed E-state index contributed by atoms with van der Waals surface area (Å²) in [5.41, 5.74) is -0.665. The minimum Gasteiger partial charge on any atom is -0.497 e. The molecule has 168 valence electrons. The molecule has 2 heterocycles. The van der Waals surface area contributed by atoms with Crippen molar-refractivity contribution in [3.8, 4) is 11.5 Å². The normalized spacial score (nSPS) is 12.3. The van der Waals surface area contributed by atoms with E-state index in [4.69, 9.17) is 9.47 Å². The Hall–Kier alpha value is -3.31. The standard InChI is InChI=1S/C20H28N6O5/c1-24(2)10-9-21-19-22-17-16(18(28)23-20(29)25(17)3)26(19)11-13(27)12-31-15-7-5-14(30-4)6-8-15/h5-8,13,27H,9-12H2,1-4H3,(H,21,22)(H,23,28,29). The average Bonchev–Trinajstić information content (AvgIpc) is 3.09. The number of aryl methyl sites for hydroxylation is 1. The number of hydrogen-bond donors (Lipinski definition) is 3. The van der Waals surface area contributed by atoms with Crippen LogP contribution in [0.25, 0.3) is 11.2 Å². The van der Waals surface area contributed by atoms with Gasteiger partial charge >= 0.3 is 5.69 Å². The summed E-state index contributed by atoms with van der Waals surface area (Å²) in [6.45, 7) is 1.37. The lowest BCUT2D eigenvalue weighted by atomic mass is 10.3. The molecule has 11 nitrogen and oxygen atoms in total. The summed E-state index contributed by atoms with van der Waals surface area (Å²) in [6.07, 6.45) is -0.925. The number of aliphatic hydroxyl groups is 1. The van der Waals surface area contributed by atoms with Crippen molar-refractivity contribution < 1.29 is 14.6 Å². The molecular formula is C20H28N6O5. The number of benzene rings is 1. The van der Waals surface area contributed by atoms with E-state index in [1.165, 1.54) is 11.6 Å². The zero-order chi connectivity index (χ0) is 22.5.